The van der Waals surface area contributed by atoms with Crippen molar-refractivity contribution in [1.82, 2.24) is 4.90 Å². The molecule has 1 aromatic rings. The van der Waals surface area contributed by atoms with Crippen LogP contribution < -0.4 is 5.73 Å². The Morgan fingerprint density at radius 3 is 2.79 bits per heavy atom. The summed E-state index contributed by atoms with van der Waals surface area (Å²) in [6, 6.07) is 5.93. The zero-order chi connectivity index (χ0) is 14.0. The third-order valence-corrected chi connectivity index (χ3v) is 3.22. The zero-order valence-electron chi connectivity index (χ0n) is 11.9. The van der Waals surface area contributed by atoms with Gasteiger partial charge in [0.2, 0.25) is 5.91 Å². The SMILES string of the molecule is CC(C)(C)OCC(=O)N1CCc2ccc(N)cc2C1. The highest BCUT2D eigenvalue weighted by Crippen LogP contribution is 2.21. The van der Waals surface area contributed by atoms with Crippen molar-refractivity contribution in [1.29, 1.82) is 0 Å². The Morgan fingerprint density at radius 2 is 2.11 bits per heavy atom. The van der Waals surface area contributed by atoms with E-state index in [1.54, 1.807) is 0 Å². The molecule has 4 nitrogen and oxygen atoms in total. The fraction of sp³-hybridized carbons (Fsp3) is 0.533. The number of benzene rings is 1. The van der Waals surface area contributed by atoms with E-state index in [1.807, 2.05) is 37.8 Å². The molecule has 0 bridgehead atoms. The number of nitrogens with two attached hydrogens (primary N) is 1. The average Bonchev–Trinajstić information content (AvgIpc) is 2.34. The van der Waals surface area contributed by atoms with Crippen molar-refractivity contribution in [2.75, 3.05) is 18.9 Å². The van der Waals surface area contributed by atoms with Crippen LogP contribution in [0.25, 0.3) is 0 Å². The minimum Gasteiger partial charge on any atom is -0.399 e. The molecule has 0 saturated heterocycles. The molecule has 0 unspecified atom stereocenters. The van der Waals surface area contributed by atoms with Gasteiger partial charge in [-0.1, -0.05) is 6.07 Å². The highest BCUT2D eigenvalue weighted by molar-refractivity contribution is 5.78. The first-order valence-corrected chi connectivity index (χ1v) is 6.64. The van der Waals surface area contributed by atoms with Crippen LogP contribution in [0.5, 0.6) is 0 Å². The fourth-order valence-electron chi connectivity index (χ4n) is 2.16. The lowest BCUT2D eigenvalue weighted by molar-refractivity contribution is -0.141. The van der Waals surface area contributed by atoms with Crippen LogP contribution in [0.1, 0.15) is 31.9 Å². The maximum absolute atomic E-state index is 12.1. The molecule has 1 heterocycles. The van der Waals surface area contributed by atoms with E-state index >= 15 is 0 Å². The van der Waals surface area contributed by atoms with Gasteiger partial charge in [-0.05, 0) is 50.5 Å². The number of carbonyl (C=O) groups is 1. The number of nitrogen functional groups attached to an aromatic ring is 1. The van der Waals surface area contributed by atoms with Gasteiger partial charge in [0.05, 0.1) is 5.60 Å². The second-order valence-electron chi connectivity index (χ2n) is 5.99. The van der Waals surface area contributed by atoms with Gasteiger partial charge in [0, 0.05) is 18.8 Å². The molecule has 1 aliphatic heterocycles. The van der Waals surface area contributed by atoms with Gasteiger partial charge in [-0.2, -0.15) is 0 Å². The van der Waals surface area contributed by atoms with Gasteiger partial charge >= 0.3 is 0 Å². The summed E-state index contributed by atoms with van der Waals surface area (Å²) in [5.74, 6) is 0.0444. The molecule has 0 atom stereocenters. The van der Waals surface area contributed by atoms with Crippen LogP contribution in [0.3, 0.4) is 0 Å². The molecule has 2 rings (SSSR count). The lowest BCUT2D eigenvalue weighted by Gasteiger charge is -2.30. The number of rotatable bonds is 2. The molecule has 4 heteroatoms. The molecule has 1 aromatic carbocycles. The predicted molar refractivity (Wildman–Crippen MR) is 75.7 cm³/mol. The normalized spacial score (nSPS) is 15.2. The second-order valence-corrected chi connectivity index (χ2v) is 5.99. The van der Waals surface area contributed by atoms with Gasteiger partial charge in [-0.15, -0.1) is 0 Å². The van der Waals surface area contributed by atoms with Crippen molar-refractivity contribution in [3.05, 3.63) is 29.3 Å². The summed E-state index contributed by atoms with van der Waals surface area (Å²) in [6.07, 6.45) is 0.886. The first-order valence-electron chi connectivity index (χ1n) is 6.64. The lowest BCUT2D eigenvalue weighted by atomic mass is 9.99. The average molecular weight is 262 g/mol. The van der Waals surface area contributed by atoms with Crippen molar-refractivity contribution in [3.8, 4) is 0 Å². The number of ether oxygens (including phenoxy) is 1. The monoisotopic (exact) mass is 262 g/mol. The molecule has 104 valence electrons. The molecule has 0 saturated carbocycles. The number of hydrogen-bond acceptors (Lipinski definition) is 3. The third-order valence-electron chi connectivity index (χ3n) is 3.22. The maximum Gasteiger partial charge on any atom is 0.248 e. The largest absolute Gasteiger partial charge is 0.399 e. The summed E-state index contributed by atoms with van der Waals surface area (Å²) in [6.45, 7) is 7.38. The molecule has 19 heavy (non-hydrogen) atoms. The highest BCUT2D eigenvalue weighted by Gasteiger charge is 2.22. The van der Waals surface area contributed by atoms with Crippen LogP contribution >= 0.6 is 0 Å². The topological polar surface area (TPSA) is 55.6 Å². The van der Waals surface area contributed by atoms with E-state index < -0.39 is 0 Å². The third kappa shape index (κ3) is 3.70. The van der Waals surface area contributed by atoms with Crippen LogP contribution in [-0.4, -0.2) is 29.6 Å². The Labute approximate surface area is 114 Å². The number of nitrogens with zero attached hydrogens (tertiary/aromatic N) is 1. The van der Waals surface area contributed by atoms with Gasteiger partial charge in [0.25, 0.3) is 0 Å². The van der Waals surface area contributed by atoms with Crippen molar-refractivity contribution in [2.24, 2.45) is 0 Å². The first-order chi connectivity index (χ1) is 8.85. The summed E-state index contributed by atoms with van der Waals surface area (Å²) in [7, 11) is 0. The predicted octanol–water partition coefficient (Wildman–Crippen LogP) is 1.97. The molecule has 0 aromatic heterocycles. The molecular weight excluding hydrogens is 240 g/mol. The Bertz CT molecular complexity index is 478. The van der Waals surface area contributed by atoms with Crippen LogP contribution in [0.15, 0.2) is 18.2 Å². The second kappa shape index (κ2) is 5.21. The summed E-state index contributed by atoms with van der Waals surface area (Å²) in [4.78, 5) is 13.9. The van der Waals surface area contributed by atoms with Crippen molar-refractivity contribution < 1.29 is 9.53 Å². The highest BCUT2D eigenvalue weighted by atomic mass is 16.5. The van der Waals surface area contributed by atoms with Crippen molar-refractivity contribution >= 4 is 11.6 Å². The molecule has 2 N–H and O–H groups in total. The molecule has 0 fully saturated rings. The van der Waals surface area contributed by atoms with Gasteiger partial charge in [-0.25, -0.2) is 0 Å². The minimum atomic E-state index is -0.284. The summed E-state index contributed by atoms with van der Waals surface area (Å²) < 4.78 is 5.54. The fourth-order valence-corrected chi connectivity index (χ4v) is 2.16. The molecule has 1 aliphatic rings. The van der Waals surface area contributed by atoms with Crippen molar-refractivity contribution in [3.63, 3.8) is 0 Å². The number of carbonyl (C=O) groups excluding carboxylic acids is 1. The van der Waals surface area contributed by atoms with E-state index in [9.17, 15) is 4.79 Å². The Hall–Kier alpha value is -1.55. The zero-order valence-corrected chi connectivity index (χ0v) is 11.9. The molecule has 0 aliphatic carbocycles. The van der Waals surface area contributed by atoms with Crippen LogP contribution in [-0.2, 0) is 22.5 Å². The molecular formula is C15H22N2O2. The quantitative estimate of drug-likeness (QED) is 0.829. The van der Waals surface area contributed by atoms with E-state index in [0.29, 0.717) is 6.54 Å². The van der Waals surface area contributed by atoms with E-state index in [-0.39, 0.29) is 18.1 Å². The smallest absolute Gasteiger partial charge is 0.248 e. The number of amides is 1. The molecule has 1 amide bonds. The Kier molecular flexibility index (Phi) is 3.80. The number of anilines is 1. The van der Waals surface area contributed by atoms with Gasteiger partial charge in [0.1, 0.15) is 6.61 Å². The maximum atomic E-state index is 12.1. The van der Waals surface area contributed by atoms with Gasteiger partial charge in [0.15, 0.2) is 0 Å². The van der Waals surface area contributed by atoms with Crippen LogP contribution in [0, 0.1) is 0 Å². The van der Waals surface area contributed by atoms with E-state index in [4.69, 9.17) is 10.5 Å². The summed E-state index contributed by atoms with van der Waals surface area (Å²) in [5, 5.41) is 0. The van der Waals surface area contributed by atoms with Gasteiger partial charge < -0.3 is 15.4 Å². The molecule has 0 radical (unpaired) electrons. The van der Waals surface area contributed by atoms with E-state index in [0.717, 1.165) is 24.2 Å². The number of fused-ring (bicyclic) bond motifs is 1. The van der Waals surface area contributed by atoms with E-state index in [2.05, 4.69) is 6.07 Å². The Balaban J connectivity index is 1.99. The van der Waals surface area contributed by atoms with Gasteiger partial charge in [-0.3, -0.25) is 4.79 Å². The Morgan fingerprint density at radius 1 is 1.37 bits per heavy atom. The standard InChI is InChI=1S/C15H22N2O2/c1-15(2,3)19-10-14(18)17-7-6-11-4-5-13(16)8-12(11)9-17/h4-5,8H,6-7,9-10,16H2,1-3H3. The summed E-state index contributed by atoms with van der Waals surface area (Å²) in [5.41, 5.74) is 8.69. The van der Waals surface area contributed by atoms with Crippen LogP contribution in [0.4, 0.5) is 5.69 Å². The summed E-state index contributed by atoms with van der Waals surface area (Å²) >= 11 is 0. The molecule has 0 spiro atoms. The van der Waals surface area contributed by atoms with Crippen molar-refractivity contribution in [2.45, 2.75) is 39.3 Å². The number of hydrogen-bond donors (Lipinski definition) is 1. The first kappa shape index (κ1) is 13.9. The van der Waals surface area contributed by atoms with Crippen LogP contribution in [0.2, 0.25) is 0 Å². The minimum absolute atomic E-state index is 0.0444. The van der Waals surface area contributed by atoms with E-state index in [1.165, 1.54) is 5.56 Å². The lowest BCUT2D eigenvalue weighted by Crippen LogP contribution is -2.39.